The van der Waals surface area contributed by atoms with Crippen LogP contribution in [0.3, 0.4) is 0 Å². The molecule has 1 heterocycles. The molecule has 0 unspecified atom stereocenters. The number of hydrogen-bond acceptors (Lipinski definition) is 4. The maximum absolute atomic E-state index is 11.6. The third kappa shape index (κ3) is 5.02. The van der Waals surface area contributed by atoms with Gasteiger partial charge in [-0.1, -0.05) is 22.9 Å². The van der Waals surface area contributed by atoms with Gasteiger partial charge in [-0.3, -0.25) is 4.72 Å². The molecule has 7 heteroatoms. The first kappa shape index (κ1) is 15.8. The first-order valence-electron chi connectivity index (χ1n) is 6.47. The maximum atomic E-state index is 11.6. The number of aromatic nitrogens is 1. The van der Waals surface area contributed by atoms with Crippen molar-refractivity contribution >= 4 is 43.1 Å². The fourth-order valence-electron chi connectivity index (χ4n) is 1.71. The Morgan fingerprint density at radius 2 is 1.76 bits per heavy atom. The topological polar surface area (TPSA) is 71.1 Å². The number of hydrogen-bond donors (Lipinski definition) is 2. The van der Waals surface area contributed by atoms with E-state index in [1.807, 2.05) is 31.2 Å². The van der Waals surface area contributed by atoms with Gasteiger partial charge in [0, 0.05) is 10.2 Å². The summed E-state index contributed by atoms with van der Waals surface area (Å²) in [6.07, 6.45) is 2.16. The van der Waals surface area contributed by atoms with Crippen molar-refractivity contribution in [1.82, 2.24) is 4.98 Å². The van der Waals surface area contributed by atoms with Crippen LogP contribution in [-0.4, -0.2) is 19.2 Å². The average molecular weight is 370 g/mol. The van der Waals surface area contributed by atoms with Crippen molar-refractivity contribution in [2.45, 2.75) is 13.3 Å². The smallest absolute Gasteiger partial charge is 0.233 e. The van der Waals surface area contributed by atoms with E-state index in [1.165, 1.54) is 0 Å². The number of nitrogens with one attached hydrogen (secondary N) is 2. The van der Waals surface area contributed by atoms with E-state index in [4.69, 9.17) is 0 Å². The largest absolute Gasteiger partial charge is 0.354 e. The summed E-state index contributed by atoms with van der Waals surface area (Å²) in [6.45, 7) is 1.82. The lowest BCUT2D eigenvalue weighted by Gasteiger charge is -2.09. The number of pyridine rings is 1. The van der Waals surface area contributed by atoms with E-state index in [9.17, 15) is 8.42 Å². The average Bonchev–Trinajstić information content (AvgIpc) is 2.43. The molecule has 2 N–H and O–H groups in total. The lowest BCUT2D eigenvalue weighted by atomic mass is 10.3. The Hall–Kier alpha value is -1.60. The molecule has 2 aromatic rings. The van der Waals surface area contributed by atoms with Crippen molar-refractivity contribution < 1.29 is 8.42 Å². The molecule has 0 saturated carbocycles. The molecule has 0 aliphatic rings. The second-order valence-corrected chi connectivity index (χ2v) is 7.24. The first-order valence-corrected chi connectivity index (χ1v) is 8.92. The molecule has 5 nitrogen and oxygen atoms in total. The highest BCUT2D eigenvalue weighted by Crippen LogP contribution is 2.19. The minimum Gasteiger partial charge on any atom is -0.354 e. The van der Waals surface area contributed by atoms with Gasteiger partial charge in [-0.15, -0.1) is 0 Å². The molecular weight excluding hydrogens is 354 g/mol. The van der Waals surface area contributed by atoms with Crippen molar-refractivity contribution in [3.05, 3.63) is 47.1 Å². The second kappa shape index (κ2) is 6.91. The zero-order valence-electron chi connectivity index (χ0n) is 11.5. The molecule has 1 aromatic heterocycles. The predicted octanol–water partition coefficient (Wildman–Crippen LogP) is 3.74. The highest BCUT2D eigenvalue weighted by molar-refractivity contribution is 9.10. The fraction of sp³-hybridized carbons (Fsp3) is 0.214. The number of anilines is 3. The summed E-state index contributed by atoms with van der Waals surface area (Å²) in [5, 5.41) is 3.19. The fourth-order valence-corrected chi connectivity index (χ4v) is 3.05. The van der Waals surface area contributed by atoms with E-state index in [2.05, 4.69) is 31.0 Å². The Morgan fingerprint density at radius 3 is 2.33 bits per heavy atom. The number of nitrogens with zero attached hydrogens (tertiary/aromatic N) is 1. The van der Waals surface area contributed by atoms with Crippen molar-refractivity contribution in [2.75, 3.05) is 15.8 Å². The van der Waals surface area contributed by atoms with Crippen LogP contribution in [0.1, 0.15) is 13.3 Å². The van der Waals surface area contributed by atoms with Crippen LogP contribution in [0.5, 0.6) is 0 Å². The summed E-state index contributed by atoms with van der Waals surface area (Å²) >= 11 is 3.38. The summed E-state index contributed by atoms with van der Waals surface area (Å²) < 4.78 is 26.7. The normalized spacial score (nSPS) is 11.1. The molecule has 2 rings (SSSR count). The molecule has 0 atom stereocenters. The van der Waals surface area contributed by atoms with E-state index >= 15 is 0 Å². The quantitative estimate of drug-likeness (QED) is 0.813. The van der Waals surface area contributed by atoms with Gasteiger partial charge in [0.05, 0.1) is 17.6 Å². The number of halogens is 1. The minimum atomic E-state index is -3.30. The molecule has 21 heavy (non-hydrogen) atoms. The number of benzene rings is 1. The molecule has 0 amide bonds. The van der Waals surface area contributed by atoms with Crippen LogP contribution < -0.4 is 10.0 Å². The molecule has 0 saturated heterocycles. The van der Waals surface area contributed by atoms with Crippen LogP contribution in [0.4, 0.5) is 17.2 Å². The van der Waals surface area contributed by atoms with Crippen LogP contribution in [0.15, 0.2) is 47.1 Å². The molecule has 0 bridgehead atoms. The monoisotopic (exact) mass is 369 g/mol. The van der Waals surface area contributed by atoms with Crippen molar-refractivity contribution in [2.24, 2.45) is 0 Å². The Kier molecular flexibility index (Phi) is 5.19. The van der Waals surface area contributed by atoms with Gasteiger partial charge in [0.2, 0.25) is 10.0 Å². The summed E-state index contributed by atoms with van der Waals surface area (Å²) in [7, 11) is -3.30. The van der Waals surface area contributed by atoms with Gasteiger partial charge in [0.1, 0.15) is 5.82 Å². The van der Waals surface area contributed by atoms with E-state index in [1.54, 1.807) is 18.3 Å². The van der Waals surface area contributed by atoms with Gasteiger partial charge in [0.15, 0.2) is 0 Å². The molecule has 0 aliphatic carbocycles. The van der Waals surface area contributed by atoms with Crippen molar-refractivity contribution in [3.8, 4) is 0 Å². The minimum absolute atomic E-state index is 0.0908. The van der Waals surface area contributed by atoms with Crippen LogP contribution >= 0.6 is 15.9 Å². The number of rotatable bonds is 6. The molecule has 0 radical (unpaired) electrons. The van der Waals surface area contributed by atoms with E-state index in [0.29, 0.717) is 12.2 Å². The molecule has 0 fully saturated rings. The highest BCUT2D eigenvalue weighted by atomic mass is 79.9. The molecule has 112 valence electrons. The van der Waals surface area contributed by atoms with Crippen LogP contribution in [0.2, 0.25) is 0 Å². The van der Waals surface area contributed by atoms with Gasteiger partial charge in [-0.05, 0) is 42.8 Å². The molecule has 0 spiro atoms. The van der Waals surface area contributed by atoms with Gasteiger partial charge >= 0.3 is 0 Å². The Bertz CT molecular complexity index is 685. The zero-order valence-corrected chi connectivity index (χ0v) is 13.9. The van der Waals surface area contributed by atoms with E-state index < -0.39 is 10.0 Å². The highest BCUT2D eigenvalue weighted by Gasteiger charge is 2.09. The third-order valence-corrected chi connectivity index (χ3v) is 4.62. The second-order valence-electron chi connectivity index (χ2n) is 4.48. The summed E-state index contributed by atoms with van der Waals surface area (Å²) in [5.74, 6) is 0.415. The zero-order chi connectivity index (χ0) is 15.3. The van der Waals surface area contributed by atoms with Gasteiger partial charge in [-0.25, -0.2) is 13.4 Å². The summed E-state index contributed by atoms with van der Waals surface area (Å²) in [6, 6.07) is 11.1. The summed E-state index contributed by atoms with van der Waals surface area (Å²) in [4.78, 5) is 4.10. The summed E-state index contributed by atoms with van der Waals surface area (Å²) in [5.41, 5.74) is 1.72. The SMILES string of the molecule is CCCS(=O)(=O)Nc1ccc(Nc2ccc(Br)cc2)cn1. The van der Waals surface area contributed by atoms with Gasteiger partial charge in [-0.2, -0.15) is 0 Å². The van der Waals surface area contributed by atoms with Crippen molar-refractivity contribution in [3.63, 3.8) is 0 Å². The Labute approximate surface area is 133 Å². The molecule has 0 aliphatic heterocycles. The van der Waals surface area contributed by atoms with E-state index in [0.717, 1.165) is 15.8 Å². The van der Waals surface area contributed by atoms with Gasteiger partial charge < -0.3 is 5.32 Å². The standard InChI is InChI=1S/C14H16BrN3O2S/c1-2-9-21(19,20)18-14-8-7-13(10-16-14)17-12-5-3-11(15)4-6-12/h3-8,10,17H,2,9H2,1H3,(H,16,18). The lowest BCUT2D eigenvalue weighted by Crippen LogP contribution is -2.16. The third-order valence-electron chi connectivity index (χ3n) is 2.63. The van der Waals surface area contributed by atoms with Crippen LogP contribution in [-0.2, 0) is 10.0 Å². The Morgan fingerprint density at radius 1 is 1.10 bits per heavy atom. The Balaban J connectivity index is 2.03. The predicted molar refractivity (Wildman–Crippen MR) is 89.4 cm³/mol. The van der Waals surface area contributed by atoms with Crippen LogP contribution in [0, 0.1) is 0 Å². The van der Waals surface area contributed by atoms with E-state index in [-0.39, 0.29) is 5.75 Å². The maximum Gasteiger partial charge on any atom is 0.233 e. The molecule has 1 aromatic carbocycles. The lowest BCUT2D eigenvalue weighted by molar-refractivity contribution is 0.599. The van der Waals surface area contributed by atoms with Crippen molar-refractivity contribution in [1.29, 1.82) is 0 Å². The number of sulfonamides is 1. The first-order chi connectivity index (χ1) is 9.98. The van der Waals surface area contributed by atoms with Crippen LogP contribution in [0.25, 0.3) is 0 Å². The molecular formula is C14H16BrN3O2S. The van der Waals surface area contributed by atoms with Gasteiger partial charge in [0.25, 0.3) is 0 Å².